The summed E-state index contributed by atoms with van der Waals surface area (Å²) >= 11 is 0. The highest BCUT2D eigenvalue weighted by atomic mass is 16.6. The van der Waals surface area contributed by atoms with E-state index in [1.165, 1.54) is 0 Å². The first-order valence-electron chi connectivity index (χ1n) is 13.4. The number of nitrogens with zero attached hydrogens (tertiary/aromatic N) is 1. The van der Waals surface area contributed by atoms with Crippen molar-refractivity contribution in [3.8, 4) is 0 Å². The Morgan fingerprint density at radius 3 is 2.73 bits per heavy atom. The van der Waals surface area contributed by atoms with E-state index < -0.39 is 23.0 Å². The molecule has 198 valence electrons. The molecule has 1 aliphatic carbocycles. The van der Waals surface area contributed by atoms with Crippen LogP contribution in [-0.4, -0.2) is 72.1 Å². The van der Waals surface area contributed by atoms with Gasteiger partial charge in [-0.25, -0.2) is 0 Å². The molecule has 1 aromatic rings. The second-order valence-electron chi connectivity index (χ2n) is 11.2. The lowest BCUT2D eigenvalue weighted by Gasteiger charge is -2.47. The third kappa shape index (κ3) is 3.80. The number of carbonyl (C=O) groups excluding carboxylic acids is 4. The molecule has 1 spiro atoms. The van der Waals surface area contributed by atoms with Gasteiger partial charge in [-0.1, -0.05) is 12.1 Å². The molecule has 6 aliphatic rings. The van der Waals surface area contributed by atoms with Crippen LogP contribution in [0.15, 0.2) is 18.2 Å². The Labute approximate surface area is 215 Å². The van der Waals surface area contributed by atoms with Crippen LogP contribution in [0.1, 0.15) is 66.9 Å². The number of imide groups is 1. The van der Waals surface area contributed by atoms with E-state index in [1.807, 2.05) is 25.1 Å². The Morgan fingerprint density at radius 2 is 2.00 bits per heavy atom. The average Bonchev–Trinajstić information content (AvgIpc) is 3.41. The number of fused-ring (bicyclic) bond motifs is 1. The van der Waals surface area contributed by atoms with Crippen molar-refractivity contribution in [2.75, 3.05) is 26.2 Å². The quantitative estimate of drug-likeness (QED) is 0.363. The van der Waals surface area contributed by atoms with Crippen LogP contribution in [0.25, 0.3) is 0 Å². The Morgan fingerprint density at radius 1 is 1.22 bits per heavy atom. The fourth-order valence-electron chi connectivity index (χ4n) is 7.27. The molecule has 10 nitrogen and oxygen atoms in total. The van der Waals surface area contributed by atoms with E-state index in [9.17, 15) is 19.2 Å². The molecular weight excluding hydrogens is 476 g/mol. The fourth-order valence-corrected chi connectivity index (χ4v) is 7.27. The van der Waals surface area contributed by atoms with E-state index in [2.05, 4.69) is 16.0 Å². The van der Waals surface area contributed by atoms with Crippen LogP contribution in [0.3, 0.4) is 0 Å². The molecule has 3 N–H and O–H groups in total. The van der Waals surface area contributed by atoms with Gasteiger partial charge in [-0.2, -0.15) is 0 Å². The molecule has 5 fully saturated rings. The van der Waals surface area contributed by atoms with E-state index in [1.54, 1.807) is 4.90 Å². The lowest BCUT2D eigenvalue weighted by Crippen LogP contribution is -2.59. The van der Waals surface area contributed by atoms with Crippen LogP contribution in [0.2, 0.25) is 0 Å². The fraction of sp³-hybridized carbons (Fsp3) is 0.630. The lowest BCUT2D eigenvalue weighted by atomic mass is 9.54. The van der Waals surface area contributed by atoms with Gasteiger partial charge < -0.3 is 25.0 Å². The highest BCUT2D eigenvalue weighted by Gasteiger charge is 2.78. The zero-order chi connectivity index (χ0) is 25.8. The predicted octanol–water partition coefficient (Wildman–Crippen LogP) is 0.772. The first kappa shape index (κ1) is 24.5. The lowest BCUT2D eigenvalue weighted by molar-refractivity contribution is -0.166. The monoisotopic (exact) mass is 510 g/mol. The summed E-state index contributed by atoms with van der Waals surface area (Å²) in [5.41, 5.74) is 1.09. The number of esters is 1. The predicted molar refractivity (Wildman–Crippen MR) is 131 cm³/mol. The molecule has 0 aromatic heterocycles. The molecule has 0 radical (unpaired) electrons. The van der Waals surface area contributed by atoms with Gasteiger partial charge >= 0.3 is 5.97 Å². The maximum Gasteiger partial charge on any atom is 0.315 e. The van der Waals surface area contributed by atoms with E-state index in [4.69, 9.17) is 9.47 Å². The van der Waals surface area contributed by atoms with E-state index >= 15 is 0 Å². The van der Waals surface area contributed by atoms with Gasteiger partial charge in [0.1, 0.15) is 11.5 Å². The van der Waals surface area contributed by atoms with Crippen molar-refractivity contribution in [2.24, 2.45) is 5.41 Å². The summed E-state index contributed by atoms with van der Waals surface area (Å²) in [5, 5.41) is 9.22. The smallest absolute Gasteiger partial charge is 0.315 e. The van der Waals surface area contributed by atoms with Crippen molar-refractivity contribution in [2.45, 2.75) is 75.8 Å². The first-order valence-corrected chi connectivity index (χ1v) is 13.4. The Hall–Kier alpha value is -2.82. The minimum absolute atomic E-state index is 0.122. The Kier molecular flexibility index (Phi) is 5.89. The summed E-state index contributed by atoms with van der Waals surface area (Å²) < 4.78 is 12.2. The number of carbonyl (C=O) groups is 4. The number of benzene rings is 1. The average molecular weight is 511 g/mol. The van der Waals surface area contributed by atoms with Gasteiger partial charge in [-0.05, 0) is 69.3 Å². The third-order valence-corrected chi connectivity index (χ3v) is 8.98. The van der Waals surface area contributed by atoms with Crippen molar-refractivity contribution >= 4 is 23.7 Å². The molecule has 3 amide bonds. The summed E-state index contributed by atoms with van der Waals surface area (Å²) in [4.78, 5) is 51.5. The number of hydrogen-bond acceptors (Lipinski definition) is 8. The second-order valence-corrected chi connectivity index (χ2v) is 11.2. The maximum absolute atomic E-state index is 13.1. The third-order valence-electron chi connectivity index (χ3n) is 8.98. The molecule has 10 heteroatoms. The topological polar surface area (TPSA) is 126 Å². The number of hydrogen-bond donors (Lipinski definition) is 3. The van der Waals surface area contributed by atoms with Crippen LogP contribution in [0.4, 0.5) is 0 Å². The largest absolute Gasteiger partial charge is 0.465 e. The molecule has 1 atom stereocenters. The van der Waals surface area contributed by atoms with Crippen molar-refractivity contribution in [3.05, 3.63) is 34.9 Å². The van der Waals surface area contributed by atoms with E-state index in [0.717, 1.165) is 37.1 Å². The summed E-state index contributed by atoms with van der Waals surface area (Å²) in [5.74, 6) is -0.986. The number of ether oxygens (including phenoxy) is 2. The van der Waals surface area contributed by atoms with Crippen molar-refractivity contribution < 1.29 is 28.7 Å². The van der Waals surface area contributed by atoms with Crippen molar-refractivity contribution in [3.63, 3.8) is 0 Å². The maximum atomic E-state index is 13.1. The van der Waals surface area contributed by atoms with E-state index in [0.29, 0.717) is 51.1 Å². The van der Waals surface area contributed by atoms with Crippen molar-refractivity contribution in [1.82, 2.24) is 20.9 Å². The highest BCUT2D eigenvalue weighted by Crippen LogP contribution is 2.69. The van der Waals surface area contributed by atoms with Gasteiger partial charge in [-0.15, -0.1) is 0 Å². The zero-order valence-corrected chi connectivity index (χ0v) is 21.2. The zero-order valence-electron chi connectivity index (χ0n) is 21.2. The molecule has 1 unspecified atom stereocenters. The number of rotatable bonds is 7. The van der Waals surface area contributed by atoms with E-state index in [-0.39, 0.29) is 29.8 Å². The standard InChI is InChI=1S/C27H34N4O6/c1-2-36-24(35)26-14-25(15-26,37-27(26)7-9-28-10-8-27)16-29-12-17-3-4-18-13-31(23(34)19(18)11-17)20-5-6-21(32)30-22(20)33/h3-4,11,20,28-29H,2,5-10,12-16H2,1H3,(H,30,32,33). The summed E-state index contributed by atoms with van der Waals surface area (Å²) in [6.45, 7) is 5.45. The number of piperidine rings is 2. The summed E-state index contributed by atoms with van der Waals surface area (Å²) in [6, 6.07) is 5.22. The summed E-state index contributed by atoms with van der Waals surface area (Å²) in [7, 11) is 0. The molecule has 5 aliphatic heterocycles. The first-order chi connectivity index (χ1) is 17.8. The van der Waals surface area contributed by atoms with Gasteiger partial charge in [0.15, 0.2) is 0 Å². The molecule has 37 heavy (non-hydrogen) atoms. The number of amides is 3. The second kappa shape index (κ2) is 8.89. The Balaban J connectivity index is 1.10. The molecule has 7 rings (SSSR count). The molecule has 1 aromatic carbocycles. The molecule has 5 heterocycles. The van der Waals surface area contributed by atoms with Gasteiger partial charge in [0.05, 0.1) is 17.8 Å². The van der Waals surface area contributed by atoms with Crippen LogP contribution >= 0.6 is 0 Å². The molecule has 4 saturated heterocycles. The molecule has 1 saturated carbocycles. The van der Waals surface area contributed by atoms with Gasteiger partial charge in [0, 0.05) is 31.6 Å². The van der Waals surface area contributed by atoms with Crippen LogP contribution in [-0.2, 0) is 36.9 Å². The molecule has 2 bridgehead atoms. The molecular formula is C27H34N4O6. The van der Waals surface area contributed by atoms with Crippen LogP contribution in [0.5, 0.6) is 0 Å². The van der Waals surface area contributed by atoms with Crippen LogP contribution < -0.4 is 16.0 Å². The van der Waals surface area contributed by atoms with Crippen molar-refractivity contribution in [1.29, 1.82) is 0 Å². The normalized spacial score (nSPS) is 31.8. The summed E-state index contributed by atoms with van der Waals surface area (Å²) in [6.07, 6.45) is 3.57. The Bertz CT molecular complexity index is 1150. The van der Waals surface area contributed by atoms with Gasteiger partial charge in [-0.3, -0.25) is 24.5 Å². The van der Waals surface area contributed by atoms with Crippen LogP contribution in [0, 0.1) is 5.41 Å². The minimum Gasteiger partial charge on any atom is -0.465 e. The SMILES string of the molecule is CCOC(=O)C12CC(CNCc3ccc4c(c3)C(=O)N(C3CCC(=O)NC3=O)C4)(C1)OC21CCNCC1. The minimum atomic E-state index is -0.613. The van der Waals surface area contributed by atoms with Gasteiger partial charge in [0.25, 0.3) is 5.91 Å². The number of nitrogens with one attached hydrogen (secondary N) is 3. The highest BCUT2D eigenvalue weighted by molar-refractivity contribution is 6.05. The van der Waals surface area contributed by atoms with Gasteiger partial charge in [0.2, 0.25) is 11.8 Å².